The van der Waals surface area contributed by atoms with E-state index in [4.69, 9.17) is 18.9 Å². The third-order valence-corrected chi connectivity index (χ3v) is 4.96. The number of ether oxygens (including phenoxy) is 4. The summed E-state index contributed by atoms with van der Waals surface area (Å²) in [6.07, 6.45) is 1.83. The molecule has 4 nitrogen and oxygen atoms in total. The van der Waals surface area contributed by atoms with Crippen LogP contribution >= 0.6 is 0 Å². The van der Waals surface area contributed by atoms with Crippen molar-refractivity contribution in [3.63, 3.8) is 0 Å². The molecule has 0 radical (unpaired) electrons. The van der Waals surface area contributed by atoms with Crippen molar-refractivity contribution in [2.45, 2.75) is 18.9 Å². The SMILES string of the molecule is COc1cc([C@H]2CCc3ccc4ccccc4c3O2)cc(OC)c1OC. The van der Waals surface area contributed by atoms with Crippen molar-refractivity contribution in [2.24, 2.45) is 0 Å². The van der Waals surface area contributed by atoms with Crippen molar-refractivity contribution >= 4 is 10.8 Å². The Kier molecular flexibility index (Phi) is 4.33. The lowest BCUT2D eigenvalue weighted by atomic mass is 9.94. The Hall–Kier alpha value is -2.88. The van der Waals surface area contributed by atoms with E-state index in [1.807, 2.05) is 18.2 Å². The number of fused-ring (bicyclic) bond motifs is 3. The average molecular weight is 350 g/mol. The van der Waals surface area contributed by atoms with Gasteiger partial charge in [-0.3, -0.25) is 0 Å². The third kappa shape index (κ3) is 2.71. The fourth-order valence-corrected chi connectivity index (χ4v) is 3.63. The van der Waals surface area contributed by atoms with Gasteiger partial charge in [0.2, 0.25) is 5.75 Å². The average Bonchev–Trinajstić information content (AvgIpc) is 2.72. The van der Waals surface area contributed by atoms with Gasteiger partial charge in [0.1, 0.15) is 11.9 Å². The van der Waals surface area contributed by atoms with Crippen LogP contribution in [0.4, 0.5) is 0 Å². The monoisotopic (exact) mass is 350 g/mol. The van der Waals surface area contributed by atoms with Crippen LogP contribution in [0.15, 0.2) is 48.5 Å². The second kappa shape index (κ2) is 6.79. The fraction of sp³-hybridized carbons (Fsp3) is 0.273. The molecule has 0 amide bonds. The lowest BCUT2D eigenvalue weighted by molar-refractivity contribution is 0.178. The van der Waals surface area contributed by atoms with Gasteiger partial charge >= 0.3 is 0 Å². The van der Waals surface area contributed by atoms with Crippen LogP contribution in [0.1, 0.15) is 23.7 Å². The summed E-state index contributed by atoms with van der Waals surface area (Å²) < 4.78 is 22.9. The van der Waals surface area contributed by atoms with Crippen LogP contribution in [-0.2, 0) is 6.42 Å². The number of methoxy groups -OCH3 is 3. The van der Waals surface area contributed by atoms with Crippen molar-refractivity contribution in [3.05, 3.63) is 59.7 Å². The predicted octanol–water partition coefficient (Wildman–Crippen LogP) is 4.93. The zero-order valence-corrected chi connectivity index (χ0v) is 15.2. The number of hydrogen-bond acceptors (Lipinski definition) is 4. The molecule has 4 rings (SSSR count). The lowest BCUT2D eigenvalue weighted by Crippen LogP contribution is -2.15. The summed E-state index contributed by atoms with van der Waals surface area (Å²) in [5.41, 5.74) is 2.28. The second-order valence-corrected chi connectivity index (χ2v) is 6.38. The first-order valence-corrected chi connectivity index (χ1v) is 8.72. The van der Waals surface area contributed by atoms with Crippen LogP contribution in [0.2, 0.25) is 0 Å². The van der Waals surface area contributed by atoms with E-state index in [1.165, 1.54) is 10.9 Å². The topological polar surface area (TPSA) is 36.9 Å². The molecule has 134 valence electrons. The molecule has 3 aromatic carbocycles. The maximum Gasteiger partial charge on any atom is 0.203 e. The Bertz CT molecular complexity index is 923. The molecule has 0 saturated carbocycles. The number of hydrogen-bond donors (Lipinski definition) is 0. The number of aryl methyl sites for hydroxylation is 1. The molecule has 3 aromatic rings. The van der Waals surface area contributed by atoms with E-state index in [1.54, 1.807) is 21.3 Å². The number of rotatable bonds is 4. The number of benzene rings is 3. The second-order valence-electron chi connectivity index (χ2n) is 6.38. The van der Waals surface area contributed by atoms with Crippen LogP contribution < -0.4 is 18.9 Å². The zero-order valence-electron chi connectivity index (χ0n) is 15.2. The third-order valence-electron chi connectivity index (χ3n) is 4.96. The molecule has 0 spiro atoms. The smallest absolute Gasteiger partial charge is 0.203 e. The van der Waals surface area contributed by atoms with Crippen molar-refractivity contribution in [1.29, 1.82) is 0 Å². The maximum absolute atomic E-state index is 6.45. The summed E-state index contributed by atoms with van der Waals surface area (Å²) in [4.78, 5) is 0. The molecule has 0 N–H and O–H groups in total. The minimum absolute atomic E-state index is 0.0537. The fourth-order valence-electron chi connectivity index (χ4n) is 3.63. The van der Waals surface area contributed by atoms with Gasteiger partial charge in [0.05, 0.1) is 21.3 Å². The van der Waals surface area contributed by atoms with E-state index in [2.05, 4.69) is 30.3 Å². The molecule has 1 heterocycles. The van der Waals surface area contributed by atoms with Crippen molar-refractivity contribution in [3.8, 4) is 23.0 Å². The van der Waals surface area contributed by atoms with E-state index in [0.717, 1.165) is 29.5 Å². The van der Waals surface area contributed by atoms with Gasteiger partial charge in [-0.05, 0) is 41.5 Å². The molecule has 4 heteroatoms. The van der Waals surface area contributed by atoms with Crippen molar-refractivity contribution < 1.29 is 18.9 Å². The van der Waals surface area contributed by atoms with Gasteiger partial charge in [-0.1, -0.05) is 36.4 Å². The molecule has 26 heavy (non-hydrogen) atoms. The summed E-state index contributed by atoms with van der Waals surface area (Å²) in [5, 5.41) is 2.35. The molecule has 0 saturated heterocycles. The molecule has 0 fully saturated rings. The van der Waals surface area contributed by atoms with Gasteiger partial charge in [0.25, 0.3) is 0 Å². The molecule has 1 aliphatic heterocycles. The van der Waals surface area contributed by atoms with Crippen molar-refractivity contribution in [2.75, 3.05) is 21.3 Å². The van der Waals surface area contributed by atoms with Crippen LogP contribution in [0, 0.1) is 0 Å². The molecular weight excluding hydrogens is 328 g/mol. The summed E-state index contributed by atoms with van der Waals surface area (Å²) in [6, 6.07) is 16.6. The standard InChI is InChI=1S/C22H22O4/c1-23-19-12-16(13-20(24-2)22(19)25-3)18-11-10-15-9-8-14-6-4-5-7-17(14)21(15)26-18/h4-9,12-13,18H,10-11H2,1-3H3/t18-/m1/s1. The largest absolute Gasteiger partial charge is 0.493 e. The van der Waals surface area contributed by atoms with Crippen LogP contribution in [0.25, 0.3) is 10.8 Å². The Morgan fingerprint density at radius 2 is 1.62 bits per heavy atom. The summed E-state index contributed by atoms with van der Waals surface area (Å²) in [6.45, 7) is 0. The van der Waals surface area contributed by atoms with Gasteiger partial charge in [0.15, 0.2) is 11.5 Å². The van der Waals surface area contributed by atoms with E-state index >= 15 is 0 Å². The summed E-state index contributed by atoms with van der Waals surface area (Å²) in [5.74, 6) is 2.87. The summed E-state index contributed by atoms with van der Waals surface area (Å²) in [7, 11) is 4.87. The summed E-state index contributed by atoms with van der Waals surface area (Å²) >= 11 is 0. The molecule has 0 unspecified atom stereocenters. The highest BCUT2D eigenvalue weighted by atomic mass is 16.5. The first-order chi connectivity index (χ1) is 12.7. The van der Waals surface area contributed by atoms with Gasteiger partial charge in [-0.15, -0.1) is 0 Å². The van der Waals surface area contributed by atoms with E-state index in [0.29, 0.717) is 17.2 Å². The van der Waals surface area contributed by atoms with Crippen LogP contribution in [0.5, 0.6) is 23.0 Å². The molecule has 0 bridgehead atoms. The first kappa shape index (κ1) is 16.6. The first-order valence-electron chi connectivity index (χ1n) is 8.72. The van der Waals surface area contributed by atoms with E-state index in [9.17, 15) is 0 Å². The minimum atomic E-state index is -0.0537. The minimum Gasteiger partial charge on any atom is -0.493 e. The van der Waals surface area contributed by atoms with Crippen LogP contribution in [-0.4, -0.2) is 21.3 Å². The molecule has 0 aliphatic carbocycles. The lowest BCUT2D eigenvalue weighted by Gasteiger charge is -2.28. The van der Waals surface area contributed by atoms with Crippen molar-refractivity contribution in [1.82, 2.24) is 0 Å². The predicted molar refractivity (Wildman–Crippen MR) is 102 cm³/mol. The van der Waals surface area contributed by atoms with Gasteiger partial charge in [0, 0.05) is 5.39 Å². The Balaban J connectivity index is 1.76. The van der Waals surface area contributed by atoms with Gasteiger partial charge in [-0.2, -0.15) is 0 Å². The Labute approximate surface area is 153 Å². The molecule has 0 aromatic heterocycles. The Morgan fingerprint density at radius 3 is 2.31 bits per heavy atom. The molecular formula is C22H22O4. The highest BCUT2D eigenvalue weighted by Gasteiger charge is 2.25. The van der Waals surface area contributed by atoms with E-state index < -0.39 is 0 Å². The van der Waals surface area contributed by atoms with Crippen LogP contribution in [0.3, 0.4) is 0 Å². The van der Waals surface area contributed by atoms with Gasteiger partial charge < -0.3 is 18.9 Å². The van der Waals surface area contributed by atoms with E-state index in [-0.39, 0.29) is 6.10 Å². The highest BCUT2D eigenvalue weighted by Crippen LogP contribution is 2.44. The zero-order chi connectivity index (χ0) is 18.1. The maximum atomic E-state index is 6.45. The molecule has 1 atom stereocenters. The Morgan fingerprint density at radius 1 is 0.885 bits per heavy atom. The highest BCUT2D eigenvalue weighted by molar-refractivity contribution is 5.89. The quantitative estimate of drug-likeness (QED) is 0.668. The molecule has 1 aliphatic rings. The van der Waals surface area contributed by atoms with Gasteiger partial charge in [-0.25, -0.2) is 0 Å². The normalized spacial score (nSPS) is 15.9.